The monoisotopic (exact) mass is 387 g/mol. The summed E-state index contributed by atoms with van der Waals surface area (Å²) in [5.41, 5.74) is 2.99. The van der Waals surface area contributed by atoms with Crippen LogP contribution >= 0.6 is 0 Å². The molecule has 0 spiro atoms. The molecule has 1 amide bonds. The zero-order valence-corrected chi connectivity index (χ0v) is 16.4. The van der Waals surface area contributed by atoms with Gasteiger partial charge in [-0.05, 0) is 56.6 Å². The molecule has 3 rings (SSSR count). The van der Waals surface area contributed by atoms with Crippen molar-refractivity contribution in [2.45, 2.75) is 30.7 Å². The number of carbonyl (C=O) groups excluding carboxylic acids is 1. The Morgan fingerprint density at radius 3 is 2.74 bits per heavy atom. The summed E-state index contributed by atoms with van der Waals surface area (Å²) in [6.45, 7) is 3.62. The maximum absolute atomic E-state index is 12.3. The Labute approximate surface area is 160 Å². The topological polar surface area (TPSA) is 78.5 Å². The summed E-state index contributed by atoms with van der Waals surface area (Å²) in [7, 11) is -2.21. The van der Waals surface area contributed by atoms with E-state index in [1.807, 2.05) is 0 Å². The zero-order chi connectivity index (χ0) is 19.4. The minimum Gasteiger partial charge on any atom is -0.368 e. The second-order valence-electron chi connectivity index (χ2n) is 6.72. The van der Waals surface area contributed by atoms with Crippen LogP contribution < -0.4 is 14.9 Å². The fourth-order valence-corrected chi connectivity index (χ4v) is 4.22. The van der Waals surface area contributed by atoms with Crippen LogP contribution in [0.1, 0.15) is 29.3 Å². The van der Waals surface area contributed by atoms with Crippen molar-refractivity contribution in [3.63, 3.8) is 0 Å². The number of rotatable bonds is 7. The van der Waals surface area contributed by atoms with Gasteiger partial charge in [-0.15, -0.1) is 0 Å². The van der Waals surface area contributed by atoms with Gasteiger partial charge in [-0.1, -0.05) is 24.3 Å². The summed E-state index contributed by atoms with van der Waals surface area (Å²) in [5, 5.41) is 2.88. The number of sulfonamides is 1. The number of amides is 1. The number of hydrogen-bond acceptors (Lipinski definition) is 4. The van der Waals surface area contributed by atoms with Crippen molar-refractivity contribution in [1.82, 2.24) is 10.0 Å². The minimum absolute atomic E-state index is 0.0835. The van der Waals surface area contributed by atoms with Crippen LogP contribution in [0.5, 0.6) is 0 Å². The van der Waals surface area contributed by atoms with Crippen molar-refractivity contribution < 1.29 is 13.2 Å². The molecule has 27 heavy (non-hydrogen) atoms. The first-order valence-electron chi connectivity index (χ1n) is 9.09. The highest BCUT2D eigenvalue weighted by Gasteiger charge is 2.24. The van der Waals surface area contributed by atoms with E-state index in [0.29, 0.717) is 18.2 Å². The molecule has 1 aliphatic rings. The summed E-state index contributed by atoms with van der Waals surface area (Å²) in [6, 6.07) is 14.9. The number of nitrogens with zero attached hydrogens (tertiary/aromatic N) is 1. The molecule has 1 atom stereocenters. The van der Waals surface area contributed by atoms with Crippen molar-refractivity contribution in [1.29, 1.82) is 0 Å². The van der Waals surface area contributed by atoms with Gasteiger partial charge in [-0.25, -0.2) is 13.1 Å². The van der Waals surface area contributed by atoms with E-state index < -0.39 is 10.0 Å². The van der Waals surface area contributed by atoms with Gasteiger partial charge in [0.1, 0.15) is 0 Å². The normalized spacial score (nSPS) is 16.2. The number of carbonyl (C=O) groups is 1. The predicted molar refractivity (Wildman–Crippen MR) is 107 cm³/mol. The number of nitrogens with one attached hydrogen (secondary N) is 2. The van der Waals surface area contributed by atoms with Crippen LogP contribution in [0.2, 0.25) is 0 Å². The molecule has 1 unspecified atom stereocenters. The number of anilines is 1. The largest absolute Gasteiger partial charge is 0.368 e. The van der Waals surface area contributed by atoms with Crippen molar-refractivity contribution in [2.24, 2.45) is 0 Å². The van der Waals surface area contributed by atoms with Crippen molar-refractivity contribution in [2.75, 3.05) is 25.0 Å². The van der Waals surface area contributed by atoms with Gasteiger partial charge in [0.25, 0.3) is 5.91 Å². The number of para-hydroxylation sites is 1. The lowest BCUT2D eigenvalue weighted by molar-refractivity contribution is 0.0953. The highest BCUT2D eigenvalue weighted by Crippen LogP contribution is 2.31. The van der Waals surface area contributed by atoms with Crippen LogP contribution in [0.25, 0.3) is 0 Å². The molecule has 7 heteroatoms. The zero-order valence-electron chi connectivity index (χ0n) is 15.6. The predicted octanol–water partition coefficient (Wildman–Crippen LogP) is 2.17. The van der Waals surface area contributed by atoms with Crippen LogP contribution in [0, 0.1) is 0 Å². The molecule has 0 saturated heterocycles. The Morgan fingerprint density at radius 1 is 1.19 bits per heavy atom. The second-order valence-corrected chi connectivity index (χ2v) is 8.61. The standard InChI is InChI=1S/C20H25N3O3S/c1-15-13-16-7-3-4-10-19(16)23(15)12-6-11-22-20(24)17-8-5-9-18(14-17)27(25,26)21-2/h3-5,7-10,14-15,21H,6,11-13H2,1-2H3,(H,22,24). The number of benzene rings is 2. The van der Waals surface area contributed by atoms with Gasteiger partial charge in [0.15, 0.2) is 0 Å². The van der Waals surface area contributed by atoms with E-state index in [4.69, 9.17) is 0 Å². The van der Waals surface area contributed by atoms with E-state index in [2.05, 4.69) is 46.1 Å². The van der Waals surface area contributed by atoms with E-state index >= 15 is 0 Å². The smallest absolute Gasteiger partial charge is 0.251 e. The maximum atomic E-state index is 12.3. The molecular weight excluding hydrogens is 362 g/mol. The average molecular weight is 388 g/mol. The average Bonchev–Trinajstić information content (AvgIpc) is 3.00. The molecule has 144 valence electrons. The third-order valence-electron chi connectivity index (χ3n) is 4.89. The quantitative estimate of drug-likeness (QED) is 0.714. The van der Waals surface area contributed by atoms with E-state index in [0.717, 1.165) is 19.4 Å². The van der Waals surface area contributed by atoms with Crippen molar-refractivity contribution in [3.8, 4) is 0 Å². The Balaban J connectivity index is 1.54. The molecule has 2 aromatic carbocycles. The molecule has 0 aliphatic carbocycles. The summed E-state index contributed by atoms with van der Waals surface area (Å²) >= 11 is 0. The third-order valence-corrected chi connectivity index (χ3v) is 6.30. The van der Waals surface area contributed by atoms with Gasteiger partial charge in [0.05, 0.1) is 4.90 Å². The first-order chi connectivity index (χ1) is 12.9. The molecule has 0 bridgehead atoms. The van der Waals surface area contributed by atoms with Gasteiger partial charge in [0, 0.05) is 30.4 Å². The van der Waals surface area contributed by atoms with E-state index in [-0.39, 0.29) is 10.8 Å². The van der Waals surface area contributed by atoms with E-state index in [1.54, 1.807) is 12.1 Å². The van der Waals surface area contributed by atoms with Gasteiger partial charge >= 0.3 is 0 Å². The van der Waals surface area contributed by atoms with Gasteiger partial charge < -0.3 is 10.2 Å². The SMILES string of the molecule is CNS(=O)(=O)c1cccc(C(=O)NCCCN2c3ccccc3CC2C)c1. The first kappa shape index (κ1) is 19.4. The van der Waals surface area contributed by atoms with Crippen LogP contribution in [-0.2, 0) is 16.4 Å². The van der Waals surface area contributed by atoms with Crippen LogP contribution in [0.15, 0.2) is 53.4 Å². The van der Waals surface area contributed by atoms with Crippen LogP contribution in [-0.4, -0.2) is 40.5 Å². The van der Waals surface area contributed by atoms with Gasteiger partial charge in [-0.3, -0.25) is 4.79 Å². The molecule has 0 radical (unpaired) electrons. The fraction of sp³-hybridized carbons (Fsp3) is 0.350. The molecule has 0 saturated carbocycles. The summed E-state index contributed by atoms with van der Waals surface area (Å²) in [4.78, 5) is 14.8. The molecular formula is C20H25N3O3S. The van der Waals surface area contributed by atoms with Crippen molar-refractivity contribution in [3.05, 3.63) is 59.7 Å². The molecule has 2 N–H and O–H groups in total. The number of hydrogen-bond donors (Lipinski definition) is 2. The van der Waals surface area contributed by atoms with E-state index in [9.17, 15) is 13.2 Å². The first-order valence-corrected chi connectivity index (χ1v) is 10.6. The lowest BCUT2D eigenvalue weighted by atomic mass is 10.1. The molecule has 6 nitrogen and oxygen atoms in total. The lowest BCUT2D eigenvalue weighted by Gasteiger charge is -2.24. The summed E-state index contributed by atoms with van der Waals surface area (Å²) in [6.07, 6.45) is 1.87. The molecule has 0 aromatic heterocycles. The Morgan fingerprint density at radius 2 is 1.96 bits per heavy atom. The van der Waals surface area contributed by atoms with Gasteiger partial charge in [0.2, 0.25) is 10.0 Å². The Bertz CT molecular complexity index is 928. The second kappa shape index (κ2) is 8.10. The van der Waals surface area contributed by atoms with E-state index in [1.165, 1.54) is 30.4 Å². The lowest BCUT2D eigenvalue weighted by Crippen LogP contribution is -2.33. The molecule has 1 heterocycles. The Kier molecular flexibility index (Phi) is 5.82. The summed E-state index contributed by atoms with van der Waals surface area (Å²) in [5.74, 6) is -0.266. The fourth-order valence-electron chi connectivity index (χ4n) is 3.45. The Hall–Kier alpha value is -2.38. The van der Waals surface area contributed by atoms with Crippen molar-refractivity contribution >= 4 is 21.6 Å². The highest BCUT2D eigenvalue weighted by atomic mass is 32.2. The molecule has 1 aliphatic heterocycles. The maximum Gasteiger partial charge on any atom is 0.251 e. The van der Waals surface area contributed by atoms with Gasteiger partial charge in [-0.2, -0.15) is 0 Å². The minimum atomic E-state index is -3.56. The highest BCUT2D eigenvalue weighted by molar-refractivity contribution is 7.89. The number of fused-ring (bicyclic) bond motifs is 1. The third kappa shape index (κ3) is 4.31. The molecule has 2 aromatic rings. The summed E-state index contributed by atoms with van der Waals surface area (Å²) < 4.78 is 26.0. The molecule has 0 fully saturated rings. The van der Waals surface area contributed by atoms with Crippen LogP contribution in [0.4, 0.5) is 5.69 Å². The van der Waals surface area contributed by atoms with Crippen LogP contribution in [0.3, 0.4) is 0 Å².